The zero-order valence-corrected chi connectivity index (χ0v) is 17.6. The Hall–Kier alpha value is -4.05. The number of fused-ring (bicyclic) bond motifs is 1. The largest absolute Gasteiger partial charge is 0.495 e. The van der Waals surface area contributed by atoms with Gasteiger partial charge in [-0.1, -0.05) is 12.1 Å². The molecule has 10 heteroatoms. The topological polar surface area (TPSA) is 147 Å². The van der Waals surface area contributed by atoms with Crippen LogP contribution in [0.5, 0.6) is 5.75 Å². The Bertz CT molecular complexity index is 1190. The van der Waals surface area contributed by atoms with Gasteiger partial charge >= 0.3 is 11.6 Å². The minimum atomic E-state index is -1.03. The van der Waals surface area contributed by atoms with Crippen LogP contribution in [-0.2, 0) is 9.59 Å². The maximum absolute atomic E-state index is 12.2. The van der Waals surface area contributed by atoms with E-state index in [0.717, 1.165) is 5.39 Å². The second-order valence-corrected chi connectivity index (χ2v) is 7.04. The molecule has 1 aromatic heterocycles. The Morgan fingerprint density at radius 1 is 1.22 bits per heavy atom. The number of carboxylic acid groups (broad SMARTS) is 1. The van der Waals surface area contributed by atoms with Crippen molar-refractivity contribution in [2.75, 3.05) is 24.5 Å². The Balaban J connectivity index is 1.84. The fraction of sp³-hybridized carbons (Fsp3) is 0.227. The van der Waals surface area contributed by atoms with Crippen LogP contribution in [0, 0.1) is 0 Å². The molecule has 3 aromatic rings. The highest BCUT2D eigenvalue weighted by atomic mass is 16.5. The molecule has 0 spiro atoms. The summed E-state index contributed by atoms with van der Waals surface area (Å²) in [6.45, 7) is 0. The number of nitrogens with one attached hydrogen (secondary N) is 2. The minimum absolute atomic E-state index is 0.00637. The highest BCUT2D eigenvalue weighted by Crippen LogP contribution is 2.34. The maximum Gasteiger partial charge on any atom is 0.338 e. The number of hydrogen-bond donors (Lipinski definition) is 4. The van der Waals surface area contributed by atoms with Gasteiger partial charge in [-0.15, -0.1) is 0 Å². The number of carbonyl (C=O) groups is 2. The molecular formula is C22H24N4O6. The summed E-state index contributed by atoms with van der Waals surface area (Å²) in [5, 5.41) is 9.49. The lowest BCUT2D eigenvalue weighted by atomic mass is 10.1. The van der Waals surface area contributed by atoms with Crippen LogP contribution in [0.25, 0.3) is 11.0 Å². The number of hydrogen-bond acceptors (Lipinski definition) is 8. The molecule has 0 aliphatic heterocycles. The fourth-order valence-electron chi connectivity index (χ4n) is 3.15. The van der Waals surface area contributed by atoms with Crippen LogP contribution in [-0.4, -0.2) is 37.2 Å². The first-order valence-corrected chi connectivity index (χ1v) is 9.78. The molecule has 168 valence electrons. The van der Waals surface area contributed by atoms with Gasteiger partial charge in [0.15, 0.2) is 0 Å². The van der Waals surface area contributed by atoms with Gasteiger partial charge in [0, 0.05) is 30.6 Å². The van der Waals surface area contributed by atoms with Gasteiger partial charge in [0.05, 0.1) is 24.5 Å². The molecule has 0 aliphatic carbocycles. The molecule has 1 unspecified atom stereocenters. The summed E-state index contributed by atoms with van der Waals surface area (Å²) in [6.07, 6.45) is -0.205. The Morgan fingerprint density at radius 2 is 1.97 bits per heavy atom. The lowest BCUT2D eigenvalue weighted by molar-refractivity contribution is -0.137. The number of ether oxygens (including phenoxy) is 1. The Labute approximate surface area is 183 Å². The standard InChI is InChI=1S/C22H24N4O6/c1-26(17-12-21(29)32-18-6-4-3-5-14(17)18)13-7-9-19(31-2)16(11-13)24-25-22(30)15(23)8-10-20(27)28/h3-7,9,11-12,15,24H,8,10,23H2,1-2H3,(H,25,30)(H,27,28). The number of benzene rings is 2. The lowest BCUT2D eigenvalue weighted by Gasteiger charge is -2.23. The SMILES string of the molecule is COc1ccc(N(C)c2cc(=O)oc3ccccc23)cc1NNC(=O)C(N)CCC(=O)O. The van der Waals surface area contributed by atoms with Crippen LogP contribution in [0.3, 0.4) is 0 Å². The van der Waals surface area contributed by atoms with Gasteiger partial charge in [-0.3, -0.25) is 20.4 Å². The number of carboxylic acids is 1. The monoisotopic (exact) mass is 440 g/mol. The van der Waals surface area contributed by atoms with Gasteiger partial charge < -0.3 is 24.9 Å². The molecule has 5 N–H and O–H groups in total. The van der Waals surface area contributed by atoms with Gasteiger partial charge in [0.2, 0.25) is 0 Å². The molecule has 1 atom stereocenters. The average molecular weight is 440 g/mol. The number of carbonyl (C=O) groups excluding carboxylic acids is 1. The number of rotatable bonds is 9. The van der Waals surface area contributed by atoms with E-state index in [4.69, 9.17) is 20.0 Å². The van der Waals surface area contributed by atoms with E-state index < -0.39 is 23.5 Å². The number of nitrogens with two attached hydrogens (primary N) is 1. The smallest absolute Gasteiger partial charge is 0.338 e. The number of aliphatic carboxylic acids is 1. The number of amides is 1. The van der Waals surface area contributed by atoms with Gasteiger partial charge in [-0.2, -0.15) is 0 Å². The summed E-state index contributed by atoms with van der Waals surface area (Å²) in [5.74, 6) is -1.13. The first-order valence-electron chi connectivity index (χ1n) is 9.78. The van der Waals surface area contributed by atoms with Gasteiger partial charge in [-0.25, -0.2) is 4.79 Å². The predicted molar refractivity (Wildman–Crippen MR) is 120 cm³/mol. The van der Waals surface area contributed by atoms with Crippen LogP contribution in [0.2, 0.25) is 0 Å². The van der Waals surface area contributed by atoms with Crippen molar-refractivity contribution in [3.05, 3.63) is 59.0 Å². The number of nitrogens with zero attached hydrogens (tertiary/aromatic N) is 1. The molecule has 0 bridgehead atoms. The first kappa shape index (κ1) is 22.6. The molecule has 0 saturated carbocycles. The molecule has 0 radical (unpaired) electrons. The van der Waals surface area contributed by atoms with Crippen molar-refractivity contribution in [1.82, 2.24) is 5.43 Å². The third kappa shape index (κ3) is 5.16. The molecule has 0 fully saturated rings. The number of methoxy groups -OCH3 is 1. The van der Waals surface area contributed by atoms with E-state index in [1.807, 2.05) is 17.0 Å². The molecule has 0 aliphatic rings. The molecule has 3 rings (SSSR count). The van der Waals surface area contributed by atoms with E-state index in [0.29, 0.717) is 28.4 Å². The lowest BCUT2D eigenvalue weighted by Crippen LogP contribution is -2.43. The zero-order valence-electron chi connectivity index (χ0n) is 17.6. The van der Waals surface area contributed by atoms with Crippen molar-refractivity contribution in [3.8, 4) is 5.75 Å². The van der Waals surface area contributed by atoms with Crippen molar-refractivity contribution >= 4 is 39.9 Å². The molecular weight excluding hydrogens is 416 g/mol. The first-order chi connectivity index (χ1) is 15.3. The van der Waals surface area contributed by atoms with Gasteiger partial charge in [0.25, 0.3) is 5.91 Å². The normalized spacial score (nSPS) is 11.6. The van der Waals surface area contributed by atoms with Gasteiger partial charge in [0.1, 0.15) is 11.3 Å². The van der Waals surface area contributed by atoms with Crippen molar-refractivity contribution in [3.63, 3.8) is 0 Å². The Morgan fingerprint density at radius 3 is 2.69 bits per heavy atom. The third-order valence-corrected chi connectivity index (χ3v) is 4.89. The van der Waals surface area contributed by atoms with Crippen molar-refractivity contribution in [2.45, 2.75) is 18.9 Å². The van der Waals surface area contributed by atoms with E-state index in [9.17, 15) is 14.4 Å². The minimum Gasteiger partial charge on any atom is -0.495 e. The van der Waals surface area contributed by atoms with Crippen molar-refractivity contribution < 1.29 is 23.8 Å². The van der Waals surface area contributed by atoms with Crippen LogP contribution < -0.4 is 31.8 Å². The van der Waals surface area contributed by atoms with E-state index in [1.165, 1.54) is 13.2 Å². The Kier molecular flexibility index (Phi) is 6.96. The molecule has 2 aromatic carbocycles. The molecule has 32 heavy (non-hydrogen) atoms. The second kappa shape index (κ2) is 9.84. The second-order valence-electron chi connectivity index (χ2n) is 7.04. The third-order valence-electron chi connectivity index (χ3n) is 4.89. The zero-order chi connectivity index (χ0) is 23.3. The molecule has 1 amide bonds. The summed E-state index contributed by atoms with van der Waals surface area (Å²) in [6, 6.07) is 12.9. The average Bonchev–Trinajstić information content (AvgIpc) is 2.79. The van der Waals surface area contributed by atoms with Crippen LogP contribution >= 0.6 is 0 Å². The van der Waals surface area contributed by atoms with E-state index in [2.05, 4.69) is 10.9 Å². The van der Waals surface area contributed by atoms with E-state index >= 15 is 0 Å². The van der Waals surface area contributed by atoms with Crippen LogP contribution in [0.1, 0.15) is 12.8 Å². The van der Waals surface area contributed by atoms with E-state index in [1.54, 1.807) is 37.4 Å². The summed E-state index contributed by atoms with van der Waals surface area (Å²) in [7, 11) is 3.29. The summed E-state index contributed by atoms with van der Waals surface area (Å²) in [4.78, 5) is 36.7. The number of para-hydroxylation sites is 1. The highest BCUT2D eigenvalue weighted by Gasteiger charge is 2.17. The predicted octanol–water partition coefficient (Wildman–Crippen LogP) is 2.20. The number of anilines is 3. The quantitative estimate of drug-likeness (QED) is 0.290. The highest BCUT2D eigenvalue weighted by molar-refractivity contribution is 5.92. The summed E-state index contributed by atoms with van der Waals surface area (Å²) in [5.41, 5.74) is 12.8. The fourth-order valence-corrected chi connectivity index (χ4v) is 3.15. The maximum atomic E-state index is 12.2. The number of hydrazine groups is 1. The van der Waals surface area contributed by atoms with Crippen LogP contribution in [0.15, 0.2) is 57.7 Å². The summed E-state index contributed by atoms with van der Waals surface area (Å²) >= 11 is 0. The van der Waals surface area contributed by atoms with E-state index in [-0.39, 0.29) is 12.8 Å². The van der Waals surface area contributed by atoms with Crippen LogP contribution in [0.4, 0.5) is 17.1 Å². The molecule has 1 heterocycles. The van der Waals surface area contributed by atoms with Gasteiger partial charge in [-0.05, 0) is 36.8 Å². The molecule has 0 saturated heterocycles. The summed E-state index contributed by atoms with van der Waals surface area (Å²) < 4.78 is 10.6. The van der Waals surface area contributed by atoms with Crippen molar-refractivity contribution in [1.29, 1.82) is 0 Å². The molecule has 10 nitrogen and oxygen atoms in total. The van der Waals surface area contributed by atoms with Crippen molar-refractivity contribution in [2.24, 2.45) is 5.73 Å².